The highest BCUT2D eigenvalue weighted by molar-refractivity contribution is 7.98. The predicted octanol–water partition coefficient (Wildman–Crippen LogP) is 5.10. The van der Waals surface area contributed by atoms with Gasteiger partial charge in [0.1, 0.15) is 5.82 Å². The Labute approximate surface area is 162 Å². The summed E-state index contributed by atoms with van der Waals surface area (Å²) in [5.74, 6) is 2.36. The van der Waals surface area contributed by atoms with E-state index < -0.39 is 0 Å². The second kappa shape index (κ2) is 8.87. The van der Waals surface area contributed by atoms with Crippen molar-refractivity contribution in [3.05, 3.63) is 59.9 Å². The molecule has 0 saturated heterocycles. The summed E-state index contributed by atoms with van der Waals surface area (Å²) in [7, 11) is 0. The number of hydrogen-bond acceptors (Lipinski definition) is 6. The highest BCUT2D eigenvalue weighted by atomic mass is 35.5. The molecule has 0 bridgehead atoms. The molecule has 0 aliphatic rings. The number of hydrogen-bond donors (Lipinski definition) is 2. The second-order valence-electron chi connectivity index (χ2n) is 5.83. The quantitative estimate of drug-likeness (QED) is 0.590. The first-order valence-corrected chi connectivity index (χ1v) is 9.99. The number of halogens is 1. The van der Waals surface area contributed by atoms with E-state index in [0.29, 0.717) is 17.0 Å². The van der Waals surface area contributed by atoms with Crippen LogP contribution in [0.25, 0.3) is 11.3 Å². The van der Waals surface area contributed by atoms with Gasteiger partial charge in [0.25, 0.3) is 0 Å². The number of nitrogens with zero attached hydrogens (tertiary/aromatic N) is 3. The van der Waals surface area contributed by atoms with Crippen LogP contribution in [-0.2, 0) is 0 Å². The van der Waals surface area contributed by atoms with Crippen molar-refractivity contribution in [3.63, 3.8) is 0 Å². The lowest BCUT2D eigenvalue weighted by molar-refractivity contribution is 0.888. The molecule has 0 aliphatic carbocycles. The van der Waals surface area contributed by atoms with Gasteiger partial charge in [-0.05, 0) is 49.6 Å². The molecular formula is C19H20ClN5S. The molecule has 1 atom stereocenters. The maximum Gasteiger partial charge on any atom is 0.223 e. The Bertz CT molecular complexity index is 874. The zero-order chi connectivity index (χ0) is 18.4. The van der Waals surface area contributed by atoms with Crippen molar-refractivity contribution in [1.29, 1.82) is 0 Å². The van der Waals surface area contributed by atoms with Gasteiger partial charge in [0.15, 0.2) is 0 Å². The van der Waals surface area contributed by atoms with Gasteiger partial charge in [-0.15, -0.1) is 0 Å². The Balaban J connectivity index is 1.79. The van der Waals surface area contributed by atoms with E-state index in [0.717, 1.165) is 28.5 Å². The number of anilines is 3. The van der Waals surface area contributed by atoms with E-state index in [1.54, 1.807) is 24.2 Å². The van der Waals surface area contributed by atoms with Crippen LogP contribution in [0.1, 0.15) is 6.92 Å². The molecule has 1 aromatic carbocycles. The van der Waals surface area contributed by atoms with E-state index in [1.807, 2.05) is 42.5 Å². The third-order valence-electron chi connectivity index (χ3n) is 3.60. The minimum atomic E-state index is 0.303. The van der Waals surface area contributed by atoms with Gasteiger partial charge in [-0.2, -0.15) is 11.8 Å². The summed E-state index contributed by atoms with van der Waals surface area (Å²) in [6.07, 6.45) is 5.61. The second-order valence-corrected chi connectivity index (χ2v) is 7.18. The first-order chi connectivity index (χ1) is 12.6. The van der Waals surface area contributed by atoms with Gasteiger partial charge >= 0.3 is 0 Å². The number of aromatic nitrogens is 3. The molecule has 2 heterocycles. The lowest BCUT2D eigenvalue weighted by Crippen LogP contribution is -2.19. The fourth-order valence-corrected chi connectivity index (χ4v) is 3.25. The van der Waals surface area contributed by atoms with Gasteiger partial charge in [0.05, 0.1) is 5.69 Å². The molecule has 0 fully saturated rings. The molecule has 0 saturated carbocycles. The molecule has 1 unspecified atom stereocenters. The Morgan fingerprint density at radius 1 is 1.12 bits per heavy atom. The summed E-state index contributed by atoms with van der Waals surface area (Å²) in [5, 5.41) is 7.26. The molecule has 134 valence electrons. The van der Waals surface area contributed by atoms with Crippen LogP contribution in [-0.4, -0.2) is 33.0 Å². The summed E-state index contributed by atoms with van der Waals surface area (Å²) < 4.78 is 0. The summed E-state index contributed by atoms with van der Waals surface area (Å²) in [5.41, 5.74) is 2.70. The minimum absolute atomic E-state index is 0.303. The molecule has 0 spiro atoms. The van der Waals surface area contributed by atoms with Crippen LogP contribution < -0.4 is 10.6 Å². The van der Waals surface area contributed by atoms with E-state index in [4.69, 9.17) is 11.6 Å². The topological polar surface area (TPSA) is 62.7 Å². The average molecular weight is 386 g/mol. The molecule has 2 N–H and O–H groups in total. The van der Waals surface area contributed by atoms with Crippen LogP contribution in [0.2, 0.25) is 5.02 Å². The highest BCUT2D eigenvalue weighted by Gasteiger charge is 2.07. The maximum atomic E-state index is 6.03. The van der Waals surface area contributed by atoms with Crippen molar-refractivity contribution in [3.8, 4) is 11.3 Å². The molecule has 0 radical (unpaired) electrons. The number of nitrogens with one attached hydrogen (secondary N) is 2. The molecule has 0 aliphatic heterocycles. The van der Waals surface area contributed by atoms with Gasteiger partial charge in [-0.1, -0.05) is 17.7 Å². The van der Waals surface area contributed by atoms with E-state index in [-0.39, 0.29) is 0 Å². The normalized spacial score (nSPS) is 11.8. The molecule has 0 amide bonds. The van der Waals surface area contributed by atoms with E-state index in [2.05, 4.69) is 38.8 Å². The smallest absolute Gasteiger partial charge is 0.223 e. The Hall–Kier alpha value is -2.31. The molecule has 3 rings (SSSR count). The van der Waals surface area contributed by atoms with Crippen molar-refractivity contribution in [2.24, 2.45) is 0 Å². The van der Waals surface area contributed by atoms with Gasteiger partial charge in [-0.3, -0.25) is 0 Å². The molecule has 2 aromatic heterocycles. The van der Waals surface area contributed by atoms with Crippen molar-refractivity contribution < 1.29 is 0 Å². The van der Waals surface area contributed by atoms with Crippen molar-refractivity contribution in [1.82, 2.24) is 15.0 Å². The third kappa shape index (κ3) is 5.09. The minimum Gasteiger partial charge on any atom is -0.351 e. The first kappa shape index (κ1) is 18.5. The van der Waals surface area contributed by atoms with Crippen LogP contribution in [0.5, 0.6) is 0 Å². The molecular weight excluding hydrogens is 366 g/mol. The number of rotatable bonds is 7. The van der Waals surface area contributed by atoms with E-state index in [1.165, 1.54) is 0 Å². The van der Waals surface area contributed by atoms with Crippen molar-refractivity contribution in [2.75, 3.05) is 22.6 Å². The average Bonchev–Trinajstić information content (AvgIpc) is 2.62. The predicted molar refractivity (Wildman–Crippen MR) is 111 cm³/mol. The zero-order valence-corrected chi connectivity index (χ0v) is 16.2. The summed E-state index contributed by atoms with van der Waals surface area (Å²) in [6, 6.07) is 13.6. The maximum absolute atomic E-state index is 6.03. The molecule has 7 heteroatoms. The fraction of sp³-hybridized carbons (Fsp3) is 0.211. The highest BCUT2D eigenvalue weighted by Crippen LogP contribution is 2.23. The standard InChI is InChI=1S/C19H20ClN5S/c1-13(12-26-2)23-19-22-9-7-17(25-19)14-6-8-21-18(10-14)24-16-5-3-4-15(20)11-16/h3-11,13H,12H2,1-2H3,(H,21,24)(H,22,23,25). The molecule has 3 aromatic rings. The first-order valence-electron chi connectivity index (χ1n) is 8.21. The van der Waals surface area contributed by atoms with Gasteiger partial charge in [0.2, 0.25) is 5.95 Å². The SMILES string of the molecule is CSCC(C)Nc1nccc(-c2ccnc(Nc3cccc(Cl)c3)c2)n1. The number of benzene rings is 1. The Morgan fingerprint density at radius 3 is 2.77 bits per heavy atom. The van der Waals surface area contributed by atoms with Gasteiger partial charge < -0.3 is 10.6 Å². The summed E-state index contributed by atoms with van der Waals surface area (Å²) in [4.78, 5) is 13.3. The van der Waals surface area contributed by atoms with Crippen LogP contribution >= 0.6 is 23.4 Å². The van der Waals surface area contributed by atoms with Gasteiger partial charge in [-0.25, -0.2) is 15.0 Å². The van der Waals surface area contributed by atoms with Crippen LogP contribution in [0.3, 0.4) is 0 Å². The molecule has 5 nitrogen and oxygen atoms in total. The molecule has 26 heavy (non-hydrogen) atoms. The van der Waals surface area contributed by atoms with Crippen LogP contribution in [0.4, 0.5) is 17.5 Å². The lowest BCUT2D eigenvalue weighted by atomic mass is 10.2. The van der Waals surface area contributed by atoms with Crippen LogP contribution in [0.15, 0.2) is 54.9 Å². The Kier molecular flexibility index (Phi) is 6.30. The Morgan fingerprint density at radius 2 is 1.96 bits per heavy atom. The van der Waals surface area contributed by atoms with Crippen LogP contribution in [0, 0.1) is 0 Å². The zero-order valence-electron chi connectivity index (χ0n) is 14.6. The third-order valence-corrected chi connectivity index (χ3v) is 4.67. The fourth-order valence-electron chi connectivity index (χ4n) is 2.47. The number of thioether (sulfide) groups is 1. The van der Waals surface area contributed by atoms with E-state index >= 15 is 0 Å². The van der Waals surface area contributed by atoms with Gasteiger partial charge in [0, 0.05) is 40.5 Å². The van der Waals surface area contributed by atoms with Crippen molar-refractivity contribution in [2.45, 2.75) is 13.0 Å². The number of pyridine rings is 1. The van der Waals surface area contributed by atoms with E-state index in [9.17, 15) is 0 Å². The lowest BCUT2D eigenvalue weighted by Gasteiger charge is -2.13. The summed E-state index contributed by atoms with van der Waals surface area (Å²) in [6.45, 7) is 2.12. The largest absolute Gasteiger partial charge is 0.351 e. The summed E-state index contributed by atoms with van der Waals surface area (Å²) >= 11 is 7.82. The monoisotopic (exact) mass is 385 g/mol. The van der Waals surface area contributed by atoms with Crippen molar-refractivity contribution >= 4 is 40.8 Å².